The quantitative estimate of drug-likeness (QED) is 0.419. The van der Waals surface area contributed by atoms with Crippen molar-refractivity contribution in [2.24, 2.45) is 0 Å². The van der Waals surface area contributed by atoms with Crippen LogP contribution in [-0.4, -0.2) is 122 Å². The molecule has 0 bridgehead atoms. The molecule has 0 aliphatic carbocycles. The Kier molecular flexibility index (Phi) is 25.4. The summed E-state index contributed by atoms with van der Waals surface area (Å²) in [5.74, 6) is 0. The van der Waals surface area contributed by atoms with Crippen molar-refractivity contribution in [3.8, 4) is 0 Å². The summed E-state index contributed by atoms with van der Waals surface area (Å²) in [5, 5.41) is 0. The van der Waals surface area contributed by atoms with E-state index in [0.717, 1.165) is 0 Å². The van der Waals surface area contributed by atoms with E-state index in [4.69, 9.17) is 9.11 Å². The van der Waals surface area contributed by atoms with Crippen molar-refractivity contribution in [3.63, 3.8) is 0 Å². The predicted octanol–water partition coefficient (Wildman–Crippen LogP) is -2.42. The molecule has 0 aliphatic heterocycles. The molecule has 0 radical (unpaired) electrons. The van der Waals surface area contributed by atoms with Gasteiger partial charge in [-0.2, -0.15) is 21.0 Å². The summed E-state index contributed by atoms with van der Waals surface area (Å²) in [7, 11) is -10.2. The molecule has 0 atom stereocenters. The Balaban J connectivity index is -0.00000000917. The Hall–Kier alpha value is 2.95. The molecule has 9 nitrogen and oxygen atoms in total. The van der Waals surface area contributed by atoms with Gasteiger partial charge in [0.15, 0.2) is 0 Å². The second-order valence-corrected chi connectivity index (χ2v) is 4.40. The van der Waals surface area contributed by atoms with Crippen molar-refractivity contribution >= 4 is 124 Å². The van der Waals surface area contributed by atoms with Crippen molar-refractivity contribution in [3.05, 3.63) is 0 Å². The Morgan fingerprint density at radius 3 is 1.12 bits per heavy atom. The van der Waals surface area contributed by atoms with Crippen molar-refractivity contribution < 1.29 is 48.8 Å². The first-order valence-electron chi connectivity index (χ1n) is 1.87. The molecule has 2 N–H and O–H groups in total. The fraction of sp³-hybridized carbons (Fsp3) is 0. The van der Waals surface area contributed by atoms with Gasteiger partial charge in [0.1, 0.15) is 0 Å². The van der Waals surface area contributed by atoms with Gasteiger partial charge in [-0.05, 0) is 0 Å². The van der Waals surface area contributed by atoms with Crippen LogP contribution < -0.4 is 0 Å². The molecule has 16 heavy (non-hydrogen) atoms. The minimum absolute atomic E-state index is 0. The number of hydrogen-bond acceptors (Lipinski definition) is 7. The summed E-state index contributed by atoms with van der Waals surface area (Å²) >= 11 is -3.33. The molecule has 0 fully saturated rings. The van der Waals surface area contributed by atoms with Gasteiger partial charge >= 0.3 is 124 Å². The first-order chi connectivity index (χ1) is 5.10. The van der Waals surface area contributed by atoms with Gasteiger partial charge < -0.3 is 11.4 Å². The van der Waals surface area contributed by atoms with E-state index >= 15 is 0 Å². The van der Waals surface area contributed by atoms with Crippen molar-refractivity contribution in [1.82, 2.24) is 0 Å². The average molecular weight is 347 g/mol. The van der Waals surface area contributed by atoms with E-state index < -0.39 is 32.2 Å². The van der Waals surface area contributed by atoms with Gasteiger partial charge in [-0.25, -0.2) is 0 Å². The predicted molar refractivity (Wildman–Crippen MR) is 65.3 cm³/mol. The van der Waals surface area contributed by atoms with Crippen molar-refractivity contribution in [2.75, 3.05) is 0 Å². The van der Waals surface area contributed by atoms with Crippen LogP contribution in [0.3, 0.4) is 0 Å². The Labute approximate surface area is 171 Å². The average Bonchev–Trinajstić information content (AvgIpc) is 1.49. The van der Waals surface area contributed by atoms with Crippen molar-refractivity contribution in [2.45, 2.75) is 0 Å². The van der Waals surface area contributed by atoms with Crippen molar-refractivity contribution in [1.29, 1.82) is 0 Å². The Morgan fingerprint density at radius 1 is 0.812 bits per heavy atom. The van der Waals surface area contributed by atoms with Gasteiger partial charge in [0, 0.05) is 0 Å². The van der Waals surface area contributed by atoms with Crippen LogP contribution in [0.25, 0.3) is 0 Å². The molecule has 0 rings (SSSR count). The molecule has 0 spiro atoms. The fourth-order valence-electron chi connectivity index (χ4n) is 0.152. The van der Waals surface area contributed by atoms with Crippen LogP contribution in [0.15, 0.2) is 0 Å². The zero-order chi connectivity index (χ0) is 9.99. The largest absolute Gasteiger partial charge is 2.00 e. The molecule has 0 saturated carbocycles. The second-order valence-electron chi connectivity index (χ2n) is 1.20. The molecule has 0 aromatic rings. The molecule has 0 amide bonds. The van der Waals surface area contributed by atoms with Crippen LogP contribution in [0.4, 0.5) is 0 Å². The summed E-state index contributed by atoms with van der Waals surface area (Å²) in [6, 6.07) is 0. The molecule has 0 unspecified atom stereocenters. The summed E-state index contributed by atoms with van der Waals surface area (Å²) < 4.78 is 70.6. The van der Waals surface area contributed by atoms with Gasteiger partial charge in [-0.1, -0.05) is 0 Å². The Morgan fingerprint density at radius 2 is 1.00 bits per heavy atom. The third-order valence-electron chi connectivity index (χ3n) is 0.283. The van der Waals surface area contributed by atoms with E-state index in [1.807, 2.05) is 0 Å². The molecule has 0 aromatic carbocycles. The van der Waals surface area contributed by atoms with Gasteiger partial charge in [0.05, 0.1) is 0 Å². The Bertz CT molecular complexity index is 352. The maximum absolute atomic E-state index is 10.1. The second kappa shape index (κ2) is 13.0. The molecule has 90 valence electrons. The van der Waals surface area contributed by atoms with E-state index in [2.05, 4.69) is 7.26 Å². The maximum atomic E-state index is 10.1. The van der Waals surface area contributed by atoms with Gasteiger partial charge in [-0.15, -0.1) is 7.26 Å². The molecular weight excluding hydrogens is 337 g/mol. The zero-order valence-corrected chi connectivity index (χ0v) is 15.9. The maximum Gasteiger partial charge on any atom is 2.00 e. The summed E-state index contributed by atoms with van der Waals surface area (Å²) in [4.78, 5) is 0. The molecular formula is H10Mg4O9S3. The molecule has 0 aromatic heterocycles. The van der Waals surface area contributed by atoms with E-state index in [1.165, 1.54) is 0 Å². The van der Waals surface area contributed by atoms with Gasteiger partial charge in [0.2, 0.25) is 0 Å². The van der Waals surface area contributed by atoms with Crippen LogP contribution in [0, 0.1) is 0 Å². The van der Waals surface area contributed by atoms with E-state index in [0.29, 0.717) is 0 Å². The SMILES string of the molecule is O=S(OS(=O)(=O)O)OS(=O)(=O)O.[H-].[H-].[H-].[H-].[H-].[H-].[H-].[H-].[Mg+2].[Mg+2].[Mg+2].[Mg+2]. The standard InChI is InChI=1S/4Mg.H2O9S3.8H/c;;;;1-10(8-11(2,3)4)9-12(5,6)7;;;;;;;;/h;;;;(H,2,3,4)(H,5,6,7);;;;;;;;/q4*+2;;8*-1. The van der Waals surface area contributed by atoms with Crippen LogP contribution in [0.2, 0.25) is 0 Å². The summed E-state index contributed by atoms with van der Waals surface area (Å²) in [5.41, 5.74) is 0. The van der Waals surface area contributed by atoms with Crippen LogP contribution in [0.5, 0.6) is 0 Å². The van der Waals surface area contributed by atoms with Crippen LogP contribution >= 0.6 is 0 Å². The molecule has 0 heterocycles. The molecule has 16 heteroatoms. The van der Waals surface area contributed by atoms with Crippen LogP contribution in [0.1, 0.15) is 11.4 Å². The van der Waals surface area contributed by atoms with Crippen LogP contribution in [-0.2, 0) is 39.4 Å². The topological polar surface area (TPSA) is 144 Å². The third-order valence-corrected chi connectivity index (χ3v) is 2.55. The third kappa shape index (κ3) is 25.7. The number of rotatable bonds is 4. The number of hydrogen-bond donors (Lipinski definition) is 2. The summed E-state index contributed by atoms with van der Waals surface area (Å²) in [6.07, 6.45) is 0. The van der Waals surface area contributed by atoms with Gasteiger partial charge in [-0.3, -0.25) is 9.11 Å². The normalized spacial score (nSPS) is 10.2. The van der Waals surface area contributed by atoms with Gasteiger partial charge in [0.25, 0.3) is 0 Å². The monoisotopic (exact) mass is 346 g/mol. The molecule has 0 saturated heterocycles. The van der Waals surface area contributed by atoms with E-state index in [1.54, 1.807) is 0 Å². The minimum atomic E-state index is -5.10. The first kappa shape index (κ1) is 31.4. The van der Waals surface area contributed by atoms with E-state index in [-0.39, 0.29) is 104 Å². The first-order valence-corrected chi connectivity index (χ1v) is 5.60. The molecule has 0 aliphatic rings. The van der Waals surface area contributed by atoms with E-state index in [9.17, 15) is 21.0 Å². The smallest absolute Gasteiger partial charge is 1.00 e. The minimum Gasteiger partial charge on any atom is -1.00 e. The fourth-order valence-corrected chi connectivity index (χ4v) is 1.57. The summed E-state index contributed by atoms with van der Waals surface area (Å²) in [6.45, 7) is 0. The zero-order valence-electron chi connectivity index (χ0n) is 15.8.